The van der Waals surface area contributed by atoms with E-state index in [1.165, 1.54) is 0 Å². The first-order chi connectivity index (χ1) is 5.81. The van der Waals surface area contributed by atoms with E-state index in [9.17, 15) is 0 Å². The molecule has 0 saturated carbocycles. The molecule has 0 fully saturated rings. The normalized spacial score (nSPS) is 17.1. The minimum Gasteiger partial charge on any atom is -0.501 e. The number of hydrogen-bond donors (Lipinski definition) is 0. The number of hydrogen-bond acceptors (Lipinski definition) is 3. The maximum Gasteiger partial charge on any atom is 0.141 e. The van der Waals surface area contributed by atoms with E-state index >= 15 is 0 Å². The lowest BCUT2D eigenvalue weighted by molar-refractivity contribution is 0.187. The quantitative estimate of drug-likeness (QED) is 0.646. The minimum atomic E-state index is 0.691. The highest BCUT2D eigenvalue weighted by molar-refractivity contribution is 5.19. The number of ether oxygens (including phenoxy) is 3. The first kappa shape index (κ1) is 8.97. The van der Waals surface area contributed by atoms with Crippen molar-refractivity contribution in [3.8, 4) is 0 Å². The van der Waals surface area contributed by atoms with Gasteiger partial charge in [-0.3, -0.25) is 0 Å². The number of rotatable bonds is 3. The van der Waals surface area contributed by atoms with E-state index in [0.717, 1.165) is 23.7 Å². The fourth-order valence-electron chi connectivity index (χ4n) is 1.19. The molecule has 0 aliphatic heterocycles. The van der Waals surface area contributed by atoms with Crippen LogP contribution in [0, 0.1) is 0 Å². The SMILES string of the molecule is COC1=CCC(OC)=C(OC)C1. The molecule has 0 aromatic carbocycles. The molecular weight excluding hydrogens is 156 g/mol. The number of methoxy groups -OCH3 is 3. The Morgan fingerprint density at radius 3 is 2.17 bits per heavy atom. The molecule has 0 unspecified atom stereocenters. The molecule has 68 valence electrons. The van der Waals surface area contributed by atoms with Crippen LogP contribution in [0.3, 0.4) is 0 Å². The molecule has 1 rings (SSSR count). The molecule has 12 heavy (non-hydrogen) atoms. The molecule has 0 spiro atoms. The predicted octanol–water partition coefficient (Wildman–Crippen LogP) is 1.81. The third-order valence-electron chi connectivity index (χ3n) is 1.92. The van der Waals surface area contributed by atoms with Gasteiger partial charge in [0.05, 0.1) is 33.5 Å². The summed E-state index contributed by atoms with van der Waals surface area (Å²) in [6, 6.07) is 0. The molecular formula is C9H14O3. The fourth-order valence-corrected chi connectivity index (χ4v) is 1.19. The lowest BCUT2D eigenvalue weighted by atomic mass is 10.1. The van der Waals surface area contributed by atoms with Gasteiger partial charge in [0.15, 0.2) is 0 Å². The third-order valence-corrected chi connectivity index (χ3v) is 1.92. The molecule has 1 aliphatic carbocycles. The molecule has 0 radical (unpaired) electrons. The zero-order valence-electron chi connectivity index (χ0n) is 7.72. The average molecular weight is 170 g/mol. The van der Waals surface area contributed by atoms with Crippen LogP contribution in [0.2, 0.25) is 0 Å². The Balaban J connectivity index is 2.68. The summed E-state index contributed by atoms with van der Waals surface area (Å²) in [6.07, 6.45) is 3.44. The van der Waals surface area contributed by atoms with Gasteiger partial charge in [-0.2, -0.15) is 0 Å². The summed E-state index contributed by atoms with van der Waals surface area (Å²) in [5, 5.41) is 0. The minimum absolute atomic E-state index is 0.691. The largest absolute Gasteiger partial charge is 0.501 e. The van der Waals surface area contributed by atoms with E-state index < -0.39 is 0 Å². The van der Waals surface area contributed by atoms with E-state index in [-0.39, 0.29) is 0 Å². The van der Waals surface area contributed by atoms with Crippen LogP contribution in [0.25, 0.3) is 0 Å². The maximum absolute atomic E-state index is 5.16. The average Bonchev–Trinajstić information content (AvgIpc) is 2.16. The van der Waals surface area contributed by atoms with Crippen molar-refractivity contribution < 1.29 is 14.2 Å². The molecule has 0 aromatic heterocycles. The summed E-state index contributed by atoms with van der Waals surface area (Å²) < 4.78 is 15.4. The van der Waals surface area contributed by atoms with E-state index in [1.807, 2.05) is 6.08 Å². The van der Waals surface area contributed by atoms with Crippen LogP contribution in [0.1, 0.15) is 12.8 Å². The van der Waals surface area contributed by atoms with Crippen molar-refractivity contribution in [2.24, 2.45) is 0 Å². The smallest absolute Gasteiger partial charge is 0.141 e. The van der Waals surface area contributed by atoms with Crippen LogP contribution >= 0.6 is 0 Å². The van der Waals surface area contributed by atoms with Gasteiger partial charge < -0.3 is 14.2 Å². The summed E-state index contributed by atoms with van der Waals surface area (Å²) in [4.78, 5) is 0. The molecule has 0 saturated heterocycles. The molecule has 0 atom stereocenters. The Morgan fingerprint density at radius 1 is 1.00 bits per heavy atom. The molecule has 0 aromatic rings. The summed E-state index contributed by atoms with van der Waals surface area (Å²) in [7, 11) is 4.96. The third kappa shape index (κ3) is 1.72. The Bertz CT molecular complexity index is 216. The van der Waals surface area contributed by atoms with Crippen molar-refractivity contribution in [2.45, 2.75) is 12.8 Å². The van der Waals surface area contributed by atoms with Gasteiger partial charge >= 0.3 is 0 Å². The highest BCUT2D eigenvalue weighted by Crippen LogP contribution is 2.25. The second kappa shape index (κ2) is 4.04. The molecule has 3 heteroatoms. The van der Waals surface area contributed by atoms with Gasteiger partial charge in [0.1, 0.15) is 11.5 Å². The van der Waals surface area contributed by atoms with E-state index in [0.29, 0.717) is 6.42 Å². The molecule has 1 aliphatic rings. The van der Waals surface area contributed by atoms with E-state index in [1.54, 1.807) is 21.3 Å². The monoisotopic (exact) mass is 170 g/mol. The van der Waals surface area contributed by atoms with E-state index in [4.69, 9.17) is 14.2 Å². The lowest BCUT2D eigenvalue weighted by Crippen LogP contribution is -2.04. The summed E-state index contributed by atoms with van der Waals surface area (Å²) >= 11 is 0. The first-order valence-corrected chi connectivity index (χ1v) is 3.84. The standard InChI is InChI=1S/C9H14O3/c1-10-7-4-5-8(11-2)9(6-7)12-3/h4H,5-6H2,1-3H3. The highest BCUT2D eigenvalue weighted by atomic mass is 16.5. The molecule has 0 heterocycles. The summed E-state index contributed by atoms with van der Waals surface area (Å²) in [5.41, 5.74) is 0. The van der Waals surface area contributed by atoms with Gasteiger partial charge in [-0.15, -0.1) is 0 Å². The topological polar surface area (TPSA) is 27.7 Å². The lowest BCUT2D eigenvalue weighted by Gasteiger charge is -2.17. The fraction of sp³-hybridized carbons (Fsp3) is 0.556. The van der Waals surface area contributed by atoms with E-state index in [2.05, 4.69) is 0 Å². The van der Waals surface area contributed by atoms with Gasteiger partial charge in [-0.05, 0) is 6.08 Å². The van der Waals surface area contributed by atoms with Crippen LogP contribution < -0.4 is 0 Å². The Morgan fingerprint density at radius 2 is 1.67 bits per heavy atom. The Kier molecular flexibility index (Phi) is 3.02. The first-order valence-electron chi connectivity index (χ1n) is 3.84. The Labute approximate surface area is 72.6 Å². The van der Waals surface area contributed by atoms with Gasteiger partial charge in [-0.1, -0.05) is 0 Å². The zero-order valence-corrected chi connectivity index (χ0v) is 7.72. The molecule has 0 N–H and O–H groups in total. The summed E-state index contributed by atoms with van der Waals surface area (Å²) in [6.45, 7) is 0. The number of allylic oxidation sites excluding steroid dienone is 1. The van der Waals surface area contributed by atoms with Crippen molar-refractivity contribution in [3.05, 3.63) is 23.4 Å². The summed E-state index contributed by atoms with van der Waals surface area (Å²) in [5.74, 6) is 2.68. The van der Waals surface area contributed by atoms with Crippen molar-refractivity contribution in [3.63, 3.8) is 0 Å². The van der Waals surface area contributed by atoms with Crippen molar-refractivity contribution in [1.29, 1.82) is 0 Å². The van der Waals surface area contributed by atoms with Crippen molar-refractivity contribution in [1.82, 2.24) is 0 Å². The van der Waals surface area contributed by atoms with Crippen LogP contribution in [0.4, 0.5) is 0 Å². The Hall–Kier alpha value is -1.12. The molecule has 0 amide bonds. The molecule has 3 nitrogen and oxygen atoms in total. The highest BCUT2D eigenvalue weighted by Gasteiger charge is 2.15. The zero-order chi connectivity index (χ0) is 8.97. The van der Waals surface area contributed by atoms with Crippen LogP contribution in [0.15, 0.2) is 23.4 Å². The second-order valence-corrected chi connectivity index (χ2v) is 2.51. The predicted molar refractivity (Wildman–Crippen MR) is 45.4 cm³/mol. The van der Waals surface area contributed by atoms with Crippen molar-refractivity contribution in [2.75, 3.05) is 21.3 Å². The molecule has 0 bridgehead atoms. The van der Waals surface area contributed by atoms with Crippen molar-refractivity contribution >= 4 is 0 Å². The van der Waals surface area contributed by atoms with Crippen LogP contribution in [-0.4, -0.2) is 21.3 Å². The van der Waals surface area contributed by atoms with Crippen LogP contribution in [-0.2, 0) is 14.2 Å². The van der Waals surface area contributed by atoms with Gasteiger partial charge in [0.25, 0.3) is 0 Å². The maximum atomic E-state index is 5.16. The van der Waals surface area contributed by atoms with Gasteiger partial charge in [0, 0.05) is 6.42 Å². The second-order valence-electron chi connectivity index (χ2n) is 2.51. The van der Waals surface area contributed by atoms with Gasteiger partial charge in [0.2, 0.25) is 0 Å². The van der Waals surface area contributed by atoms with Gasteiger partial charge in [-0.25, -0.2) is 0 Å². The van der Waals surface area contributed by atoms with Crippen LogP contribution in [0.5, 0.6) is 0 Å².